The Hall–Kier alpha value is -2.57. The summed E-state index contributed by atoms with van der Waals surface area (Å²) in [5.74, 6) is -0.274. The number of urea groups is 1. The van der Waals surface area contributed by atoms with Gasteiger partial charge >= 0.3 is 12.1 Å². The lowest BCUT2D eigenvalue weighted by molar-refractivity contribution is -0.120. The molecule has 3 rings (SSSR count). The van der Waals surface area contributed by atoms with Crippen molar-refractivity contribution in [2.75, 3.05) is 11.4 Å². The van der Waals surface area contributed by atoms with E-state index in [2.05, 4.69) is 5.32 Å². The van der Waals surface area contributed by atoms with Gasteiger partial charge in [-0.2, -0.15) is 0 Å². The van der Waals surface area contributed by atoms with Crippen LogP contribution in [-0.4, -0.2) is 34.6 Å². The number of imide groups is 1. The monoisotopic (exact) mass is 275 g/mol. The zero-order valence-corrected chi connectivity index (χ0v) is 10.6. The summed E-state index contributed by atoms with van der Waals surface area (Å²) < 4.78 is 0. The van der Waals surface area contributed by atoms with E-state index in [-0.39, 0.29) is 12.3 Å². The number of fused-ring (bicyclic) bond motifs is 1. The number of carboxylic acid groups (broad SMARTS) is 1. The molecule has 20 heavy (non-hydrogen) atoms. The minimum Gasteiger partial charge on any atom is -0.465 e. The number of hydrogen-bond acceptors (Lipinski definition) is 3. The van der Waals surface area contributed by atoms with Gasteiger partial charge in [0.25, 0.3) is 0 Å². The van der Waals surface area contributed by atoms with E-state index in [0.717, 1.165) is 11.1 Å². The lowest BCUT2D eigenvalue weighted by Gasteiger charge is -2.26. The molecule has 0 atom stereocenters. The summed E-state index contributed by atoms with van der Waals surface area (Å²) >= 11 is 0. The minimum atomic E-state index is -0.955. The molecular formula is C13H13N3O4. The van der Waals surface area contributed by atoms with E-state index in [1.54, 1.807) is 6.07 Å². The number of nitrogens with one attached hydrogen (secondary N) is 1. The van der Waals surface area contributed by atoms with Crippen molar-refractivity contribution in [2.45, 2.75) is 19.5 Å². The molecule has 1 saturated heterocycles. The first-order chi connectivity index (χ1) is 9.54. The van der Waals surface area contributed by atoms with Crippen LogP contribution in [0.4, 0.5) is 15.3 Å². The van der Waals surface area contributed by atoms with Crippen LogP contribution in [0.25, 0.3) is 0 Å². The summed E-state index contributed by atoms with van der Waals surface area (Å²) in [5, 5.41) is 11.3. The van der Waals surface area contributed by atoms with Crippen molar-refractivity contribution in [1.82, 2.24) is 10.2 Å². The van der Waals surface area contributed by atoms with Crippen LogP contribution in [0.15, 0.2) is 18.2 Å². The first-order valence-corrected chi connectivity index (χ1v) is 6.25. The number of benzene rings is 1. The first kappa shape index (κ1) is 12.5. The SMILES string of the molecule is O=C1CCN(c2ccc3c(c2)CN(C(=O)O)C3)C(=O)N1. The number of anilines is 1. The molecule has 2 N–H and O–H groups in total. The predicted molar refractivity (Wildman–Crippen MR) is 69.2 cm³/mol. The lowest BCUT2D eigenvalue weighted by atomic mass is 10.1. The van der Waals surface area contributed by atoms with Gasteiger partial charge < -0.3 is 5.11 Å². The van der Waals surface area contributed by atoms with Gasteiger partial charge in [-0.3, -0.25) is 19.9 Å². The van der Waals surface area contributed by atoms with Crippen molar-refractivity contribution in [2.24, 2.45) is 0 Å². The molecule has 0 aromatic heterocycles. The molecule has 2 heterocycles. The normalized spacial score (nSPS) is 18.0. The van der Waals surface area contributed by atoms with Gasteiger partial charge in [-0.1, -0.05) is 6.07 Å². The van der Waals surface area contributed by atoms with Gasteiger partial charge in [0, 0.05) is 31.7 Å². The van der Waals surface area contributed by atoms with Crippen LogP contribution < -0.4 is 10.2 Å². The Morgan fingerprint density at radius 3 is 2.65 bits per heavy atom. The Morgan fingerprint density at radius 2 is 1.95 bits per heavy atom. The second-order valence-corrected chi connectivity index (χ2v) is 4.85. The fourth-order valence-corrected chi connectivity index (χ4v) is 2.49. The van der Waals surface area contributed by atoms with Crippen LogP contribution >= 0.6 is 0 Å². The molecule has 0 unspecified atom stereocenters. The Labute approximate surface area is 114 Å². The molecule has 2 aliphatic rings. The number of amides is 4. The number of carbonyl (C=O) groups excluding carboxylic acids is 2. The Bertz CT molecular complexity index is 614. The van der Waals surface area contributed by atoms with Crippen molar-refractivity contribution in [3.05, 3.63) is 29.3 Å². The van der Waals surface area contributed by atoms with E-state index in [4.69, 9.17) is 5.11 Å². The van der Waals surface area contributed by atoms with Gasteiger partial charge in [-0.05, 0) is 23.3 Å². The number of rotatable bonds is 1. The summed E-state index contributed by atoms with van der Waals surface area (Å²) in [6.45, 7) is 1.04. The highest BCUT2D eigenvalue weighted by Crippen LogP contribution is 2.28. The van der Waals surface area contributed by atoms with Crippen LogP contribution in [0.2, 0.25) is 0 Å². The van der Waals surface area contributed by atoms with Crippen LogP contribution in [0, 0.1) is 0 Å². The summed E-state index contributed by atoms with van der Waals surface area (Å²) in [5.41, 5.74) is 2.53. The maximum Gasteiger partial charge on any atom is 0.407 e. The van der Waals surface area contributed by atoms with Gasteiger partial charge in [-0.25, -0.2) is 9.59 Å². The highest BCUT2D eigenvalue weighted by molar-refractivity contribution is 6.05. The highest BCUT2D eigenvalue weighted by Gasteiger charge is 2.27. The van der Waals surface area contributed by atoms with Crippen molar-refractivity contribution in [1.29, 1.82) is 0 Å². The quantitative estimate of drug-likeness (QED) is 0.803. The molecule has 0 spiro atoms. The second-order valence-electron chi connectivity index (χ2n) is 4.85. The lowest BCUT2D eigenvalue weighted by Crippen LogP contribution is -2.49. The van der Waals surface area contributed by atoms with Crippen molar-refractivity contribution in [3.63, 3.8) is 0 Å². The minimum absolute atomic E-state index is 0.268. The van der Waals surface area contributed by atoms with Gasteiger partial charge in [0.1, 0.15) is 0 Å². The fraction of sp³-hybridized carbons (Fsp3) is 0.308. The maximum atomic E-state index is 11.8. The zero-order valence-electron chi connectivity index (χ0n) is 10.6. The molecule has 7 nitrogen and oxygen atoms in total. The van der Waals surface area contributed by atoms with E-state index < -0.39 is 12.1 Å². The molecule has 4 amide bonds. The zero-order chi connectivity index (χ0) is 14.3. The average Bonchev–Trinajstić information content (AvgIpc) is 2.81. The van der Waals surface area contributed by atoms with Crippen LogP contribution in [0.3, 0.4) is 0 Å². The van der Waals surface area contributed by atoms with E-state index in [9.17, 15) is 14.4 Å². The van der Waals surface area contributed by atoms with E-state index in [1.165, 1.54) is 9.80 Å². The van der Waals surface area contributed by atoms with Crippen molar-refractivity contribution >= 4 is 23.7 Å². The van der Waals surface area contributed by atoms with Gasteiger partial charge in [0.15, 0.2) is 0 Å². The third-order valence-electron chi connectivity index (χ3n) is 3.55. The molecule has 1 aromatic rings. The highest BCUT2D eigenvalue weighted by atomic mass is 16.4. The molecule has 1 aromatic carbocycles. The molecule has 0 saturated carbocycles. The van der Waals surface area contributed by atoms with Crippen LogP contribution in [0.5, 0.6) is 0 Å². The molecule has 0 aliphatic carbocycles. The Kier molecular flexibility index (Phi) is 2.81. The van der Waals surface area contributed by atoms with Gasteiger partial charge in [0.2, 0.25) is 5.91 Å². The van der Waals surface area contributed by atoms with Crippen LogP contribution in [-0.2, 0) is 17.9 Å². The second kappa shape index (κ2) is 4.52. The summed E-state index contributed by atoms with van der Waals surface area (Å²) in [7, 11) is 0. The molecule has 0 radical (unpaired) electrons. The molecule has 7 heteroatoms. The smallest absolute Gasteiger partial charge is 0.407 e. The first-order valence-electron chi connectivity index (χ1n) is 6.25. The summed E-state index contributed by atoms with van der Waals surface area (Å²) in [4.78, 5) is 36.7. The molecule has 1 fully saturated rings. The number of hydrogen-bond donors (Lipinski definition) is 2. The topological polar surface area (TPSA) is 90.0 Å². The number of carbonyl (C=O) groups is 3. The fourth-order valence-electron chi connectivity index (χ4n) is 2.49. The van der Waals surface area contributed by atoms with E-state index in [1.807, 2.05) is 12.1 Å². The Morgan fingerprint density at radius 1 is 1.20 bits per heavy atom. The van der Waals surface area contributed by atoms with Crippen LogP contribution in [0.1, 0.15) is 17.5 Å². The number of nitrogens with zero attached hydrogens (tertiary/aromatic N) is 2. The molecule has 0 bridgehead atoms. The largest absolute Gasteiger partial charge is 0.465 e. The molecule has 104 valence electrons. The molecular weight excluding hydrogens is 262 g/mol. The summed E-state index contributed by atoms with van der Waals surface area (Å²) in [6.07, 6.45) is -0.687. The van der Waals surface area contributed by atoms with E-state index in [0.29, 0.717) is 25.3 Å². The predicted octanol–water partition coefficient (Wildman–Crippen LogP) is 1.13. The molecule has 2 aliphatic heterocycles. The van der Waals surface area contributed by atoms with Gasteiger partial charge in [-0.15, -0.1) is 0 Å². The summed E-state index contributed by atoms with van der Waals surface area (Å²) in [6, 6.07) is 4.99. The van der Waals surface area contributed by atoms with Gasteiger partial charge in [0.05, 0.1) is 0 Å². The third-order valence-corrected chi connectivity index (χ3v) is 3.55. The maximum absolute atomic E-state index is 11.8. The van der Waals surface area contributed by atoms with E-state index >= 15 is 0 Å². The Balaban J connectivity index is 1.84. The average molecular weight is 275 g/mol. The third kappa shape index (κ3) is 2.07. The standard InChI is InChI=1S/C13H13N3O4/c17-11-3-4-16(12(18)14-11)10-2-1-8-6-15(13(19)20)7-9(8)5-10/h1-2,5H,3-4,6-7H2,(H,19,20)(H,14,17,18). The van der Waals surface area contributed by atoms with Crippen molar-refractivity contribution < 1.29 is 19.5 Å². The van der Waals surface area contributed by atoms with Crippen molar-refractivity contribution in [3.8, 4) is 0 Å².